The molecule has 3 nitrogen and oxygen atoms in total. The Hall–Kier alpha value is -1.91. The lowest BCUT2D eigenvalue weighted by molar-refractivity contribution is 0.565. The zero-order valence-corrected chi connectivity index (χ0v) is 11.1. The highest BCUT2D eigenvalue weighted by molar-refractivity contribution is 7.17. The van der Waals surface area contributed by atoms with Crippen LogP contribution in [0.4, 0.5) is 0 Å². The van der Waals surface area contributed by atoms with Crippen LogP contribution in [0.25, 0.3) is 10.1 Å². The molecule has 2 N–H and O–H groups in total. The van der Waals surface area contributed by atoms with Crippen molar-refractivity contribution in [2.75, 3.05) is 0 Å². The van der Waals surface area contributed by atoms with E-state index >= 15 is 0 Å². The Morgan fingerprint density at radius 3 is 2.74 bits per heavy atom. The largest absolute Gasteiger partial charge is 0.322 e. The normalized spacial score (nSPS) is 12.7. The van der Waals surface area contributed by atoms with Crippen molar-refractivity contribution in [2.45, 2.75) is 12.6 Å². The number of nitrogens with zero attached hydrogens (tertiary/aromatic N) is 1. The van der Waals surface area contributed by atoms with E-state index in [1.54, 1.807) is 15.9 Å². The molecular weight excluding hydrogens is 256 g/mol. The summed E-state index contributed by atoms with van der Waals surface area (Å²) < 4.78 is 2.71. The molecule has 3 aromatic rings. The minimum absolute atomic E-state index is 0.0325. The van der Waals surface area contributed by atoms with Crippen LogP contribution in [0.1, 0.15) is 11.6 Å². The molecule has 1 atom stereocenters. The summed E-state index contributed by atoms with van der Waals surface area (Å²) in [4.78, 5) is 12.3. The molecule has 19 heavy (non-hydrogen) atoms. The monoisotopic (exact) mass is 270 g/mol. The summed E-state index contributed by atoms with van der Waals surface area (Å²) in [6, 6.07) is 13.5. The summed E-state index contributed by atoms with van der Waals surface area (Å²) in [5, 5.41) is 2.71. The van der Waals surface area contributed by atoms with Crippen LogP contribution in [-0.2, 0) is 6.54 Å². The van der Waals surface area contributed by atoms with Gasteiger partial charge in [0, 0.05) is 23.5 Å². The number of fused-ring (bicyclic) bond motifs is 1. The van der Waals surface area contributed by atoms with Crippen molar-refractivity contribution in [3.8, 4) is 0 Å². The van der Waals surface area contributed by atoms with E-state index in [2.05, 4.69) is 0 Å². The average Bonchev–Trinajstić information content (AvgIpc) is 2.92. The molecule has 2 heterocycles. The Bertz CT molecular complexity index is 745. The first-order valence-electron chi connectivity index (χ1n) is 6.13. The van der Waals surface area contributed by atoms with Crippen molar-refractivity contribution in [3.63, 3.8) is 0 Å². The van der Waals surface area contributed by atoms with Gasteiger partial charge < -0.3 is 10.3 Å². The van der Waals surface area contributed by atoms with Gasteiger partial charge in [0.05, 0.1) is 5.39 Å². The number of hydrogen-bond acceptors (Lipinski definition) is 3. The molecule has 4 heteroatoms. The highest BCUT2D eigenvalue weighted by atomic mass is 32.1. The number of thiophene rings is 1. The number of nitrogens with two attached hydrogens (primary N) is 1. The second kappa shape index (κ2) is 4.99. The zero-order valence-electron chi connectivity index (χ0n) is 10.3. The van der Waals surface area contributed by atoms with Gasteiger partial charge in [0.25, 0.3) is 5.56 Å². The smallest absolute Gasteiger partial charge is 0.259 e. The van der Waals surface area contributed by atoms with E-state index in [9.17, 15) is 4.79 Å². The number of benzene rings is 1. The molecule has 0 aliphatic rings. The quantitative estimate of drug-likeness (QED) is 0.795. The maximum Gasteiger partial charge on any atom is 0.259 e. The van der Waals surface area contributed by atoms with E-state index in [1.165, 1.54) is 0 Å². The lowest BCUT2D eigenvalue weighted by atomic mass is 10.1. The first kappa shape index (κ1) is 12.1. The van der Waals surface area contributed by atoms with Gasteiger partial charge >= 0.3 is 0 Å². The van der Waals surface area contributed by atoms with E-state index in [4.69, 9.17) is 5.73 Å². The molecule has 0 spiro atoms. The van der Waals surface area contributed by atoms with Gasteiger partial charge in [0.2, 0.25) is 0 Å². The van der Waals surface area contributed by atoms with Gasteiger partial charge in [-0.3, -0.25) is 4.79 Å². The van der Waals surface area contributed by atoms with Crippen LogP contribution in [0.2, 0.25) is 0 Å². The molecule has 0 bridgehead atoms. The van der Waals surface area contributed by atoms with Gasteiger partial charge in [-0.25, -0.2) is 0 Å². The van der Waals surface area contributed by atoms with Crippen molar-refractivity contribution in [1.29, 1.82) is 0 Å². The Kier molecular flexibility index (Phi) is 3.19. The first-order chi connectivity index (χ1) is 9.25. The van der Waals surface area contributed by atoms with Gasteiger partial charge in [-0.05, 0) is 23.1 Å². The third kappa shape index (κ3) is 2.32. The third-order valence-corrected chi connectivity index (χ3v) is 4.10. The molecule has 0 saturated carbocycles. The summed E-state index contributed by atoms with van der Waals surface area (Å²) >= 11 is 1.58. The van der Waals surface area contributed by atoms with Crippen LogP contribution in [0.15, 0.2) is 58.8 Å². The van der Waals surface area contributed by atoms with Crippen LogP contribution < -0.4 is 11.3 Å². The van der Waals surface area contributed by atoms with E-state index in [1.807, 2.05) is 54.0 Å². The highest BCUT2D eigenvalue weighted by Gasteiger charge is 2.09. The molecule has 0 saturated heterocycles. The molecule has 3 rings (SSSR count). The molecule has 0 aliphatic carbocycles. The molecule has 1 unspecified atom stereocenters. The van der Waals surface area contributed by atoms with Crippen LogP contribution >= 0.6 is 11.3 Å². The number of aromatic nitrogens is 1. The van der Waals surface area contributed by atoms with E-state index in [0.717, 1.165) is 15.6 Å². The Morgan fingerprint density at radius 2 is 1.95 bits per heavy atom. The van der Waals surface area contributed by atoms with Crippen molar-refractivity contribution in [3.05, 3.63) is 70.0 Å². The van der Waals surface area contributed by atoms with Gasteiger partial charge in [0.15, 0.2) is 0 Å². The minimum atomic E-state index is -0.171. The third-order valence-electron chi connectivity index (χ3n) is 3.21. The van der Waals surface area contributed by atoms with Crippen molar-refractivity contribution in [1.82, 2.24) is 4.57 Å². The fraction of sp³-hybridized carbons (Fsp3) is 0.133. The van der Waals surface area contributed by atoms with Crippen molar-refractivity contribution in [2.24, 2.45) is 5.73 Å². The Balaban J connectivity index is 1.93. The van der Waals surface area contributed by atoms with Gasteiger partial charge in [-0.2, -0.15) is 0 Å². The predicted octanol–water partition coefficient (Wildman–Crippen LogP) is 2.76. The van der Waals surface area contributed by atoms with Crippen LogP contribution in [-0.4, -0.2) is 4.57 Å². The predicted molar refractivity (Wildman–Crippen MR) is 79.5 cm³/mol. The lowest BCUT2D eigenvalue weighted by Gasteiger charge is -2.13. The second-order valence-corrected chi connectivity index (χ2v) is 5.44. The lowest BCUT2D eigenvalue weighted by Crippen LogP contribution is -2.26. The van der Waals surface area contributed by atoms with Gasteiger partial charge in [-0.15, -0.1) is 11.3 Å². The summed E-state index contributed by atoms with van der Waals surface area (Å²) in [5.74, 6) is 0. The summed E-state index contributed by atoms with van der Waals surface area (Å²) in [5.41, 5.74) is 7.23. The molecule has 0 aliphatic heterocycles. The molecule has 0 radical (unpaired) electrons. The molecule has 1 aromatic carbocycles. The maximum absolute atomic E-state index is 12.3. The van der Waals surface area contributed by atoms with Crippen LogP contribution in [0.3, 0.4) is 0 Å². The van der Waals surface area contributed by atoms with Crippen molar-refractivity contribution < 1.29 is 0 Å². The molecule has 0 fully saturated rings. The van der Waals surface area contributed by atoms with Crippen LogP contribution in [0.5, 0.6) is 0 Å². The highest BCUT2D eigenvalue weighted by Crippen LogP contribution is 2.17. The Labute approximate surface area is 114 Å². The van der Waals surface area contributed by atoms with Crippen LogP contribution in [0, 0.1) is 0 Å². The Morgan fingerprint density at radius 1 is 1.16 bits per heavy atom. The average molecular weight is 270 g/mol. The molecular formula is C15H14N2OS. The summed E-state index contributed by atoms with van der Waals surface area (Å²) in [6.45, 7) is 0.495. The summed E-state index contributed by atoms with van der Waals surface area (Å²) in [6.07, 6.45) is 1.82. The van der Waals surface area contributed by atoms with Gasteiger partial charge in [0.1, 0.15) is 0 Å². The number of pyridine rings is 1. The molecule has 0 amide bonds. The second-order valence-electron chi connectivity index (χ2n) is 4.49. The number of hydrogen-bond donors (Lipinski definition) is 1. The zero-order chi connectivity index (χ0) is 13.2. The maximum atomic E-state index is 12.3. The van der Waals surface area contributed by atoms with E-state index in [0.29, 0.717) is 6.54 Å². The standard InChI is InChI=1S/C15H14N2OS/c16-13(11-4-2-1-3-5-11)10-17-8-6-14-12(15(17)18)7-9-19-14/h1-9,13H,10,16H2. The molecule has 2 aromatic heterocycles. The fourth-order valence-electron chi connectivity index (χ4n) is 2.17. The number of rotatable bonds is 3. The summed E-state index contributed by atoms with van der Waals surface area (Å²) in [7, 11) is 0. The molecule has 96 valence electrons. The van der Waals surface area contributed by atoms with E-state index in [-0.39, 0.29) is 11.6 Å². The fourth-order valence-corrected chi connectivity index (χ4v) is 2.94. The SMILES string of the molecule is NC(Cn1ccc2sccc2c1=O)c1ccccc1. The van der Waals surface area contributed by atoms with Crippen molar-refractivity contribution >= 4 is 21.4 Å². The minimum Gasteiger partial charge on any atom is -0.322 e. The first-order valence-corrected chi connectivity index (χ1v) is 7.01. The van der Waals surface area contributed by atoms with E-state index < -0.39 is 0 Å². The van der Waals surface area contributed by atoms with Gasteiger partial charge in [-0.1, -0.05) is 30.3 Å². The topological polar surface area (TPSA) is 48.0 Å².